The van der Waals surface area contributed by atoms with Crippen molar-refractivity contribution < 1.29 is 43.0 Å². The molecule has 0 unspecified atom stereocenters. The standard InChI is InChI=1S/C18H32O9/c1-17(2)25-14-11-15-24-13-18(26-15,16(14)27-17)12-23-10-9-22-8-7-21-6-5-20-4-3-19/h14-16,19H,3-13H2,1-2H3/t14-,15+,16-,18+/m1/s1. The van der Waals surface area contributed by atoms with Crippen LogP contribution in [0.25, 0.3) is 0 Å². The summed E-state index contributed by atoms with van der Waals surface area (Å²) in [5.74, 6) is -0.609. The topological polar surface area (TPSA) is 94.1 Å². The molecular weight excluding hydrogens is 360 g/mol. The molecule has 1 N–H and O–H groups in total. The Bertz CT molecular complexity index is 447. The van der Waals surface area contributed by atoms with E-state index < -0.39 is 11.4 Å². The van der Waals surface area contributed by atoms with Gasteiger partial charge in [0.2, 0.25) is 0 Å². The molecule has 2 bridgehead atoms. The Labute approximate surface area is 160 Å². The Kier molecular flexibility index (Phi) is 7.83. The van der Waals surface area contributed by atoms with E-state index in [2.05, 4.69) is 0 Å². The molecule has 3 aliphatic heterocycles. The lowest BCUT2D eigenvalue weighted by atomic mass is 9.91. The highest BCUT2D eigenvalue weighted by molar-refractivity contribution is 5.05. The SMILES string of the molecule is CC1(C)O[C@@H]2[C@@H](C[C@H]3OC[C@]2(COCCOCCOCCOCCO)O3)O1. The van der Waals surface area contributed by atoms with Crippen molar-refractivity contribution in [3.05, 3.63) is 0 Å². The van der Waals surface area contributed by atoms with Gasteiger partial charge >= 0.3 is 0 Å². The monoisotopic (exact) mass is 392 g/mol. The van der Waals surface area contributed by atoms with Gasteiger partial charge in [0.15, 0.2) is 12.1 Å². The predicted molar refractivity (Wildman–Crippen MR) is 92.4 cm³/mol. The molecule has 3 rings (SSSR count). The van der Waals surface area contributed by atoms with Gasteiger partial charge < -0.3 is 43.0 Å². The van der Waals surface area contributed by atoms with Crippen molar-refractivity contribution in [2.75, 3.05) is 66.1 Å². The third kappa shape index (κ3) is 5.81. The molecule has 3 heterocycles. The van der Waals surface area contributed by atoms with Crippen molar-refractivity contribution in [1.82, 2.24) is 0 Å². The molecule has 9 heteroatoms. The first-order valence-corrected chi connectivity index (χ1v) is 9.62. The lowest BCUT2D eigenvalue weighted by Gasteiger charge is -2.38. The fraction of sp³-hybridized carbons (Fsp3) is 1.00. The molecule has 3 fully saturated rings. The van der Waals surface area contributed by atoms with Crippen LogP contribution < -0.4 is 0 Å². The Morgan fingerprint density at radius 3 is 2.15 bits per heavy atom. The average Bonchev–Trinajstić information content (AvgIpc) is 3.14. The molecule has 3 saturated heterocycles. The quantitative estimate of drug-likeness (QED) is 0.437. The van der Waals surface area contributed by atoms with Crippen LogP contribution in [0.2, 0.25) is 0 Å². The maximum absolute atomic E-state index is 8.57. The molecule has 27 heavy (non-hydrogen) atoms. The first-order valence-electron chi connectivity index (χ1n) is 9.62. The Morgan fingerprint density at radius 2 is 1.48 bits per heavy atom. The third-order valence-electron chi connectivity index (χ3n) is 4.70. The van der Waals surface area contributed by atoms with Gasteiger partial charge in [-0.15, -0.1) is 0 Å². The summed E-state index contributed by atoms with van der Waals surface area (Å²) in [4.78, 5) is 0. The summed E-state index contributed by atoms with van der Waals surface area (Å²) in [6.45, 7) is 7.91. The Hall–Kier alpha value is -0.360. The number of hydrogen-bond donors (Lipinski definition) is 1. The van der Waals surface area contributed by atoms with Crippen LogP contribution in [-0.2, 0) is 37.9 Å². The molecule has 9 nitrogen and oxygen atoms in total. The molecule has 0 saturated carbocycles. The second-order valence-corrected chi connectivity index (χ2v) is 7.37. The fourth-order valence-electron chi connectivity index (χ4n) is 3.60. The average molecular weight is 392 g/mol. The van der Waals surface area contributed by atoms with E-state index >= 15 is 0 Å². The van der Waals surface area contributed by atoms with Gasteiger partial charge in [-0.25, -0.2) is 0 Å². The van der Waals surface area contributed by atoms with E-state index in [-0.39, 0.29) is 25.1 Å². The highest BCUT2D eigenvalue weighted by Crippen LogP contribution is 2.46. The van der Waals surface area contributed by atoms with Crippen molar-refractivity contribution in [2.24, 2.45) is 0 Å². The summed E-state index contributed by atoms with van der Waals surface area (Å²) < 4.78 is 45.5. The van der Waals surface area contributed by atoms with Gasteiger partial charge in [-0.05, 0) is 13.8 Å². The minimum absolute atomic E-state index is 0.0281. The van der Waals surface area contributed by atoms with Crippen LogP contribution in [0.3, 0.4) is 0 Å². The van der Waals surface area contributed by atoms with Gasteiger partial charge in [-0.1, -0.05) is 0 Å². The largest absolute Gasteiger partial charge is 0.394 e. The normalized spacial score (nSPS) is 34.1. The predicted octanol–water partition coefficient (Wildman–Crippen LogP) is 0.0806. The Balaban J connectivity index is 1.26. The number of rotatable bonds is 13. The molecule has 0 aromatic rings. The van der Waals surface area contributed by atoms with Gasteiger partial charge in [0.25, 0.3) is 0 Å². The first-order chi connectivity index (χ1) is 13.0. The highest BCUT2D eigenvalue weighted by Gasteiger charge is 2.61. The van der Waals surface area contributed by atoms with Crippen molar-refractivity contribution in [3.8, 4) is 0 Å². The van der Waals surface area contributed by atoms with E-state index in [0.717, 1.165) is 0 Å². The van der Waals surface area contributed by atoms with Crippen LogP contribution in [0.4, 0.5) is 0 Å². The smallest absolute Gasteiger partial charge is 0.163 e. The van der Waals surface area contributed by atoms with E-state index in [1.54, 1.807) is 0 Å². The van der Waals surface area contributed by atoms with Crippen LogP contribution in [-0.4, -0.2) is 101 Å². The first kappa shape index (κ1) is 21.4. The summed E-state index contributed by atoms with van der Waals surface area (Å²) in [6, 6.07) is 0. The zero-order chi connectivity index (χ0) is 19.2. The van der Waals surface area contributed by atoms with Crippen molar-refractivity contribution in [1.29, 1.82) is 0 Å². The molecule has 0 spiro atoms. The van der Waals surface area contributed by atoms with Crippen LogP contribution >= 0.6 is 0 Å². The molecule has 4 atom stereocenters. The lowest BCUT2D eigenvalue weighted by Crippen LogP contribution is -2.56. The molecule has 0 aromatic heterocycles. The number of ether oxygens (including phenoxy) is 8. The second-order valence-electron chi connectivity index (χ2n) is 7.37. The summed E-state index contributed by atoms with van der Waals surface area (Å²) in [6.07, 6.45) is 0.222. The summed E-state index contributed by atoms with van der Waals surface area (Å²) in [5, 5.41) is 8.57. The van der Waals surface area contributed by atoms with E-state index in [9.17, 15) is 0 Å². The van der Waals surface area contributed by atoms with E-state index in [1.165, 1.54) is 0 Å². The number of fused-ring (bicyclic) bond motifs is 4. The van der Waals surface area contributed by atoms with Crippen molar-refractivity contribution in [2.45, 2.75) is 50.2 Å². The molecular formula is C18H32O9. The maximum atomic E-state index is 8.57. The number of hydrogen-bond acceptors (Lipinski definition) is 9. The molecule has 0 aliphatic carbocycles. The van der Waals surface area contributed by atoms with Crippen LogP contribution in [0.1, 0.15) is 20.3 Å². The van der Waals surface area contributed by atoms with E-state index in [4.69, 9.17) is 43.0 Å². The zero-order valence-corrected chi connectivity index (χ0v) is 16.2. The molecule has 0 radical (unpaired) electrons. The zero-order valence-electron chi connectivity index (χ0n) is 16.2. The maximum Gasteiger partial charge on any atom is 0.163 e. The Morgan fingerprint density at radius 1 is 0.852 bits per heavy atom. The summed E-state index contributed by atoms with van der Waals surface area (Å²) in [5.41, 5.74) is -0.612. The minimum atomic E-state index is -0.612. The van der Waals surface area contributed by atoms with Crippen molar-refractivity contribution in [3.63, 3.8) is 0 Å². The summed E-state index contributed by atoms with van der Waals surface area (Å²) in [7, 11) is 0. The van der Waals surface area contributed by atoms with Crippen LogP contribution in [0, 0.1) is 0 Å². The van der Waals surface area contributed by atoms with Gasteiger partial charge in [0, 0.05) is 6.42 Å². The van der Waals surface area contributed by atoms with Gasteiger partial charge in [-0.3, -0.25) is 0 Å². The third-order valence-corrected chi connectivity index (χ3v) is 4.70. The summed E-state index contributed by atoms with van der Waals surface area (Å²) >= 11 is 0. The number of aliphatic hydroxyl groups excluding tert-OH is 1. The fourth-order valence-corrected chi connectivity index (χ4v) is 3.60. The van der Waals surface area contributed by atoms with E-state index in [0.29, 0.717) is 65.9 Å². The molecule has 3 aliphatic rings. The van der Waals surface area contributed by atoms with Gasteiger partial charge in [-0.2, -0.15) is 0 Å². The molecule has 158 valence electrons. The lowest BCUT2D eigenvalue weighted by molar-refractivity contribution is -0.204. The van der Waals surface area contributed by atoms with E-state index in [1.807, 2.05) is 13.8 Å². The van der Waals surface area contributed by atoms with Crippen LogP contribution in [0.5, 0.6) is 0 Å². The molecule has 0 aromatic carbocycles. The van der Waals surface area contributed by atoms with Crippen molar-refractivity contribution >= 4 is 0 Å². The number of aliphatic hydroxyl groups is 1. The highest BCUT2D eigenvalue weighted by atomic mass is 16.8. The minimum Gasteiger partial charge on any atom is -0.394 e. The second kappa shape index (κ2) is 9.91. The molecule has 0 amide bonds. The van der Waals surface area contributed by atoms with Gasteiger partial charge in [0.05, 0.1) is 72.2 Å². The van der Waals surface area contributed by atoms with Gasteiger partial charge in [0.1, 0.15) is 11.7 Å². The van der Waals surface area contributed by atoms with Crippen LogP contribution in [0.15, 0.2) is 0 Å².